The van der Waals surface area contributed by atoms with Crippen LogP contribution in [-0.4, -0.2) is 62.3 Å². The third-order valence-electron chi connectivity index (χ3n) is 7.52. The van der Waals surface area contributed by atoms with Gasteiger partial charge in [-0.3, -0.25) is 9.88 Å². The molecule has 4 aromatic rings. The van der Waals surface area contributed by atoms with E-state index in [4.69, 9.17) is 19.1 Å². The zero-order chi connectivity index (χ0) is 28.0. The lowest BCUT2D eigenvalue weighted by Crippen LogP contribution is -2.47. The van der Waals surface area contributed by atoms with Crippen molar-refractivity contribution in [3.63, 3.8) is 0 Å². The Morgan fingerprint density at radius 2 is 1.85 bits per heavy atom. The van der Waals surface area contributed by atoms with Crippen molar-refractivity contribution in [1.82, 2.24) is 24.6 Å². The van der Waals surface area contributed by atoms with Crippen LogP contribution in [0.5, 0.6) is 0 Å². The summed E-state index contributed by atoms with van der Waals surface area (Å²) in [6, 6.07) is 13.9. The average molecular weight is 554 g/mol. The van der Waals surface area contributed by atoms with Gasteiger partial charge in [-0.15, -0.1) is 0 Å². The normalized spacial score (nSPS) is 18.4. The second-order valence-corrected chi connectivity index (χ2v) is 10.8. The van der Waals surface area contributed by atoms with Gasteiger partial charge in [0.1, 0.15) is 17.6 Å². The molecule has 2 aliphatic rings. The fraction of sp³-hybridized carbons (Fsp3) is 0.406. The molecule has 2 atom stereocenters. The maximum absolute atomic E-state index is 9.17. The van der Waals surface area contributed by atoms with E-state index in [0.29, 0.717) is 18.2 Å². The van der Waals surface area contributed by atoms with Gasteiger partial charge in [-0.1, -0.05) is 17.0 Å². The molecule has 0 aliphatic carbocycles. The van der Waals surface area contributed by atoms with Gasteiger partial charge in [0.2, 0.25) is 0 Å². The molecule has 2 saturated heterocycles. The van der Waals surface area contributed by atoms with E-state index in [0.717, 1.165) is 79.4 Å². The summed E-state index contributed by atoms with van der Waals surface area (Å²) < 4.78 is 19.5. The van der Waals surface area contributed by atoms with Crippen LogP contribution in [0.15, 0.2) is 65.6 Å². The third kappa shape index (κ3) is 6.92. The molecule has 0 radical (unpaired) electrons. The molecule has 1 aromatic carbocycles. The second-order valence-electron chi connectivity index (χ2n) is 10.8. The van der Waals surface area contributed by atoms with Gasteiger partial charge in [0.05, 0.1) is 12.2 Å². The van der Waals surface area contributed by atoms with Crippen LogP contribution in [0.4, 0.5) is 0 Å². The van der Waals surface area contributed by atoms with E-state index in [2.05, 4.69) is 31.9 Å². The van der Waals surface area contributed by atoms with Crippen molar-refractivity contribution >= 4 is 0 Å². The highest BCUT2D eigenvalue weighted by Crippen LogP contribution is 2.25. The summed E-state index contributed by atoms with van der Waals surface area (Å²) in [6.45, 7) is 6.23. The van der Waals surface area contributed by atoms with E-state index < -0.39 is 0 Å². The number of hydrogen-bond acceptors (Lipinski definition) is 8. The van der Waals surface area contributed by atoms with E-state index in [1.165, 1.54) is 0 Å². The molecule has 6 rings (SSSR count). The Morgan fingerprint density at radius 1 is 1.02 bits per heavy atom. The van der Waals surface area contributed by atoms with Crippen LogP contribution in [0.1, 0.15) is 60.6 Å². The molecule has 2 unspecified atom stereocenters. The first-order chi connectivity index (χ1) is 20.1. The number of pyridine rings is 1. The van der Waals surface area contributed by atoms with Crippen LogP contribution < -0.4 is 0 Å². The van der Waals surface area contributed by atoms with Crippen LogP contribution in [0, 0.1) is 17.8 Å². The summed E-state index contributed by atoms with van der Waals surface area (Å²) in [6.07, 6.45) is 8.30. The number of ether oxygens (including phenoxy) is 2. The predicted molar refractivity (Wildman–Crippen MR) is 152 cm³/mol. The van der Waals surface area contributed by atoms with E-state index in [1.807, 2.05) is 66.3 Å². The SMILES string of the molecule is CC(OC1CCCCO1)c1nccn1Cc1cc(-c2ccc(C#Cc3ccc(CN4CC(CO)C4)nc3)cc2)on1. The van der Waals surface area contributed by atoms with Crippen molar-refractivity contribution in [3.8, 4) is 23.2 Å². The quantitative estimate of drug-likeness (QED) is 0.305. The van der Waals surface area contributed by atoms with Crippen molar-refractivity contribution in [1.29, 1.82) is 0 Å². The minimum Gasteiger partial charge on any atom is -0.396 e. The van der Waals surface area contributed by atoms with Gasteiger partial charge in [-0.25, -0.2) is 4.98 Å². The Morgan fingerprint density at radius 3 is 2.61 bits per heavy atom. The van der Waals surface area contributed by atoms with Gasteiger partial charge in [0.25, 0.3) is 0 Å². The minimum atomic E-state index is -0.187. The highest BCUT2D eigenvalue weighted by atomic mass is 16.7. The molecule has 2 aliphatic heterocycles. The van der Waals surface area contributed by atoms with Gasteiger partial charge in [0.15, 0.2) is 12.1 Å². The smallest absolute Gasteiger partial charge is 0.167 e. The highest BCUT2D eigenvalue weighted by Gasteiger charge is 2.26. The molecule has 0 spiro atoms. The molecular weight excluding hydrogens is 518 g/mol. The lowest BCUT2D eigenvalue weighted by Gasteiger charge is -2.37. The number of aromatic nitrogens is 4. The standard InChI is InChI=1S/C32H35N5O4/c1-23(40-31-4-2-3-15-39-31)32-33-13-14-37(32)21-29-16-30(41-35-29)27-10-7-24(8-11-27)5-6-25-9-12-28(34-17-25)20-36-18-26(19-36)22-38/h7-14,16-17,23,26,31,38H,2-4,15,18-22H2,1H3. The molecule has 9 nitrogen and oxygen atoms in total. The monoisotopic (exact) mass is 553 g/mol. The average Bonchev–Trinajstić information content (AvgIpc) is 3.65. The van der Waals surface area contributed by atoms with Crippen molar-refractivity contribution in [2.45, 2.75) is 51.7 Å². The largest absolute Gasteiger partial charge is 0.396 e. The predicted octanol–water partition coefficient (Wildman–Crippen LogP) is 4.41. The number of nitrogens with zero attached hydrogens (tertiary/aromatic N) is 5. The van der Waals surface area contributed by atoms with Crippen molar-refractivity contribution < 1.29 is 19.1 Å². The lowest BCUT2D eigenvalue weighted by molar-refractivity contribution is -0.188. The van der Waals surface area contributed by atoms with Crippen LogP contribution in [-0.2, 0) is 22.6 Å². The summed E-state index contributed by atoms with van der Waals surface area (Å²) >= 11 is 0. The number of hydrogen-bond donors (Lipinski definition) is 1. The van der Waals surface area contributed by atoms with Gasteiger partial charge in [-0.2, -0.15) is 0 Å². The van der Waals surface area contributed by atoms with Crippen molar-refractivity contribution in [2.75, 3.05) is 26.3 Å². The first-order valence-electron chi connectivity index (χ1n) is 14.3. The molecule has 9 heteroatoms. The minimum absolute atomic E-state index is 0.172. The van der Waals surface area contributed by atoms with Gasteiger partial charge in [-0.05, 0) is 62.6 Å². The summed E-state index contributed by atoms with van der Waals surface area (Å²) in [7, 11) is 0. The van der Waals surface area contributed by atoms with E-state index in [-0.39, 0.29) is 19.0 Å². The van der Waals surface area contributed by atoms with Crippen LogP contribution >= 0.6 is 0 Å². The highest BCUT2D eigenvalue weighted by molar-refractivity contribution is 5.59. The van der Waals surface area contributed by atoms with Crippen LogP contribution in [0.2, 0.25) is 0 Å². The number of benzene rings is 1. The summed E-state index contributed by atoms with van der Waals surface area (Å²) in [5.74, 6) is 8.35. The molecule has 0 amide bonds. The lowest BCUT2D eigenvalue weighted by atomic mass is 10.0. The Balaban J connectivity index is 1.04. The maximum Gasteiger partial charge on any atom is 0.167 e. The van der Waals surface area contributed by atoms with Gasteiger partial charge < -0.3 is 23.7 Å². The van der Waals surface area contributed by atoms with E-state index >= 15 is 0 Å². The zero-order valence-corrected chi connectivity index (χ0v) is 23.3. The van der Waals surface area contributed by atoms with Crippen molar-refractivity contribution in [2.24, 2.45) is 5.92 Å². The number of aliphatic hydroxyl groups is 1. The number of likely N-dealkylation sites (tertiary alicyclic amines) is 1. The Labute approximate surface area is 240 Å². The summed E-state index contributed by atoms with van der Waals surface area (Å²) in [5, 5.41) is 13.5. The molecular formula is C32H35N5O4. The fourth-order valence-corrected chi connectivity index (χ4v) is 5.22. The fourth-order valence-electron chi connectivity index (χ4n) is 5.22. The summed E-state index contributed by atoms with van der Waals surface area (Å²) in [5.41, 5.74) is 4.55. The van der Waals surface area contributed by atoms with E-state index in [1.54, 1.807) is 6.20 Å². The maximum atomic E-state index is 9.17. The van der Waals surface area contributed by atoms with Crippen LogP contribution in [0.3, 0.4) is 0 Å². The first kappa shape index (κ1) is 27.4. The third-order valence-corrected chi connectivity index (χ3v) is 7.52. The molecule has 41 heavy (non-hydrogen) atoms. The summed E-state index contributed by atoms with van der Waals surface area (Å²) in [4.78, 5) is 11.3. The van der Waals surface area contributed by atoms with Gasteiger partial charge >= 0.3 is 0 Å². The van der Waals surface area contributed by atoms with Gasteiger partial charge in [0, 0.05) is 80.1 Å². The Hall–Kier alpha value is -3.81. The molecule has 2 fully saturated rings. The Bertz CT molecular complexity index is 1470. The zero-order valence-electron chi connectivity index (χ0n) is 23.3. The Kier molecular flexibility index (Phi) is 8.54. The van der Waals surface area contributed by atoms with E-state index in [9.17, 15) is 0 Å². The molecule has 0 saturated carbocycles. The second kappa shape index (κ2) is 12.8. The number of imidazole rings is 1. The number of rotatable bonds is 9. The molecule has 5 heterocycles. The molecule has 0 bridgehead atoms. The topological polar surface area (TPSA) is 98.7 Å². The molecule has 1 N–H and O–H groups in total. The first-order valence-corrected chi connectivity index (χ1v) is 14.3. The van der Waals surface area contributed by atoms with Crippen molar-refractivity contribution in [3.05, 3.63) is 89.4 Å². The number of aliphatic hydroxyl groups excluding tert-OH is 1. The molecule has 212 valence electrons. The van der Waals surface area contributed by atoms with Crippen LogP contribution in [0.25, 0.3) is 11.3 Å². The molecule has 3 aromatic heterocycles.